The molecular weight excluding hydrogens is 244 g/mol. The van der Waals surface area contributed by atoms with Crippen LogP contribution >= 0.6 is 0 Å². The number of carboxylic acids is 1. The Kier molecular flexibility index (Phi) is 5.79. The molecule has 1 saturated carbocycles. The molecule has 0 radical (unpaired) electrons. The fourth-order valence-electron chi connectivity index (χ4n) is 2.85. The molecule has 0 heterocycles. The Morgan fingerprint density at radius 2 is 2.21 bits per heavy atom. The molecule has 5 heteroatoms. The molecule has 1 fully saturated rings. The predicted octanol–water partition coefficient (Wildman–Crippen LogP) is 1.51. The number of nitrogens with one attached hydrogen (secondary N) is 1. The molecule has 110 valence electrons. The summed E-state index contributed by atoms with van der Waals surface area (Å²) in [6.07, 6.45) is 4.81. The van der Waals surface area contributed by atoms with Crippen LogP contribution in [-0.2, 0) is 9.59 Å². The lowest BCUT2D eigenvalue weighted by molar-refractivity contribution is -0.142. The van der Waals surface area contributed by atoms with Crippen molar-refractivity contribution >= 4 is 11.9 Å². The van der Waals surface area contributed by atoms with Crippen LogP contribution in [0.4, 0.5) is 0 Å². The van der Waals surface area contributed by atoms with Crippen LogP contribution in [0.1, 0.15) is 52.4 Å². The van der Waals surface area contributed by atoms with Gasteiger partial charge in [0.2, 0.25) is 5.91 Å². The Morgan fingerprint density at radius 3 is 2.74 bits per heavy atom. The quantitative estimate of drug-likeness (QED) is 0.682. The Morgan fingerprint density at radius 1 is 1.53 bits per heavy atom. The third-order valence-electron chi connectivity index (χ3n) is 3.98. The summed E-state index contributed by atoms with van der Waals surface area (Å²) < 4.78 is 0. The summed E-state index contributed by atoms with van der Waals surface area (Å²) in [6, 6.07) is 0. The molecule has 0 aromatic heterocycles. The molecule has 1 aliphatic rings. The fraction of sp³-hybridized carbons (Fsp3) is 0.857. The number of carbonyl (C=O) groups is 2. The van der Waals surface area contributed by atoms with E-state index in [0.29, 0.717) is 25.2 Å². The zero-order valence-electron chi connectivity index (χ0n) is 11.9. The third kappa shape index (κ3) is 4.49. The lowest BCUT2D eigenvalue weighted by Crippen LogP contribution is -2.57. The van der Waals surface area contributed by atoms with Gasteiger partial charge in [0.25, 0.3) is 0 Å². The smallest absolute Gasteiger partial charge is 0.308 e. The number of carbonyl (C=O) groups excluding carboxylic acids is 1. The van der Waals surface area contributed by atoms with Gasteiger partial charge in [0.15, 0.2) is 0 Å². The second kappa shape index (κ2) is 6.89. The lowest BCUT2D eigenvalue weighted by atomic mass is 9.76. The number of carboxylic acid groups (broad SMARTS) is 1. The van der Waals surface area contributed by atoms with Gasteiger partial charge >= 0.3 is 5.97 Å². The number of rotatable bonds is 6. The van der Waals surface area contributed by atoms with Gasteiger partial charge in [-0.2, -0.15) is 0 Å². The fourth-order valence-corrected chi connectivity index (χ4v) is 2.85. The zero-order valence-corrected chi connectivity index (χ0v) is 11.9. The maximum Gasteiger partial charge on any atom is 0.308 e. The summed E-state index contributed by atoms with van der Waals surface area (Å²) in [4.78, 5) is 23.2. The minimum Gasteiger partial charge on any atom is -0.481 e. The highest BCUT2D eigenvalue weighted by Gasteiger charge is 2.38. The molecule has 5 nitrogen and oxygen atoms in total. The number of aliphatic carboxylic acids is 1. The van der Waals surface area contributed by atoms with Crippen LogP contribution in [0.5, 0.6) is 0 Å². The van der Waals surface area contributed by atoms with Crippen LogP contribution in [0.15, 0.2) is 0 Å². The second-order valence-corrected chi connectivity index (χ2v) is 5.89. The number of nitrogens with two attached hydrogens (primary N) is 1. The summed E-state index contributed by atoms with van der Waals surface area (Å²) in [6.45, 7) is 4.21. The first-order valence-electron chi connectivity index (χ1n) is 7.19. The van der Waals surface area contributed by atoms with Gasteiger partial charge < -0.3 is 16.2 Å². The summed E-state index contributed by atoms with van der Waals surface area (Å²) in [5.74, 6) is -1.11. The molecule has 1 amide bonds. The normalized spacial score (nSPS) is 28.7. The summed E-state index contributed by atoms with van der Waals surface area (Å²) >= 11 is 0. The molecule has 19 heavy (non-hydrogen) atoms. The standard InChI is InChI=1S/C14H26N2O3/c1-3-5-11(12(17)18)9-16-13(19)14(15)7-4-6-10(2)8-14/h10-11H,3-9,15H2,1-2H3,(H,16,19)(H,17,18). The molecule has 0 aliphatic heterocycles. The molecule has 3 unspecified atom stereocenters. The molecule has 1 rings (SSSR count). The van der Waals surface area contributed by atoms with Crippen molar-refractivity contribution in [1.29, 1.82) is 0 Å². The SMILES string of the molecule is CCCC(CNC(=O)C1(N)CCCC(C)C1)C(=O)O. The van der Waals surface area contributed by atoms with Crippen LogP contribution in [0, 0.1) is 11.8 Å². The maximum atomic E-state index is 12.2. The third-order valence-corrected chi connectivity index (χ3v) is 3.98. The first-order chi connectivity index (χ1) is 8.89. The van der Waals surface area contributed by atoms with Crippen molar-refractivity contribution in [2.24, 2.45) is 17.6 Å². The average molecular weight is 270 g/mol. The van der Waals surface area contributed by atoms with Gasteiger partial charge in [-0.25, -0.2) is 0 Å². The van der Waals surface area contributed by atoms with Crippen molar-refractivity contribution in [3.63, 3.8) is 0 Å². The van der Waals surface area contributed by atoms with Crippen molar-refractivity contribution in [3.05, 3.63) is 0 Å². The highest BCUT2D eigenvalue weighted by atomic mass is 16.4. The van der Waals surface area contributed by atoms with E-state index in [9.17, 15) is 9.59 Å². The molecule has 1 aliphatic carbocycles. The second-order valence-electron chi connectivity index (χ2n) is 5.89. The topological polar surface area (TPSA) is 92.4 Å². The van der Waals surface area contributed by atoms with Crippen molar-refractivity contribution in [1.82, 2.24) is 5.32 Å². The maximum absolute atomic E-state index is 12.2. The minimum absolute atomic E-state index is 0.176. The molecule has 0 aromatic rings. The molecule has 0 spiro atoms. The summed E-state index contributed by atoms with van der Waals surface area (Å²) in [7, 11) is 0. The van der Waals surface area contributed by atoms with Gasteiger partial charge in [0.1, 0.15) is 0 Å². The van der Waals surface area contributed by atoms with Crippen LogP contribution in [0.3, 0.4) is 0 Å². The van der Waals surface area contributed by atoms with Gasteiger partial charge in [0, 0.05) is 6.54 Å². The van der Waals surface area contributed by atoms with Gasteiger partial charge in [-0.1, -0.05) is 33.1 Å². The van der Waals surface area contributed by atoms with E-state index >= 15 is 0 Å². The first kappa shape index (κ1) is 16.0. The lowest BCUT2D eigenvalue weighted by Gasteiger charge is -2.35. The first-order valence-corrected chi connectivity index (χ1v) is 7.19. The Balaban J connectivity index is 2.51. The van der Waals surface area contributed by atoms with Gasteiger partial charge in [-0.05, 0) is 25.2 Å². The molecule has 0 aromatic carbocycles. The van der Waals surface area contributed by atoms with E-state index in [1.807, 2.05) is 6.92 Å². The molecule has 0 saturated heterocycles. The van der Waals surface area contributed by atoms with E-state index in [-0.39, 0.29) is 12.5 Å². The highest BCUT2D eigenvalue weighted by molar-refractivity contribution is 5.86. The zero-order chi connectivity index (χ0) is 14.5. The molecule has 3 atom stereocenters. The molecule has 4 N–H and O–H groups in total. The van der Waals surface area contributed by atoms with E-state index in [0.717, 1.165) is 19.3 Å². The largest absolute Gasteiger partial charge is 0.481 e. The number of hydrogen-bond acceptors (Lipinski definition) is 3. The highest BCUT2D eigenvalue weighted by Crippen LogP contribution is 2.30. The minimum atomic E-state index is -0.856. The van der Waals surface area contributed by atoms with E-state index in [4.69, 9.17) is 10.8 Å². The monoisotopic (exact) mass is 270 g/mol. The predicted molar refractivity (Wildman–Crippen MR) is 73.6 cm³/mol. The molecular formula is C14H26N2O3. The Hall–Kier alpha value is -1.10. The van der Waals surface area contributed by atoms with Crippen molar-refractivity contribution in [3.8, 4) is 0 Å². The van der Waals surface area contributed by atoms with Crippen molar-refractivity contribution < 1.29 is 14.7 Å². The summed E-state index contributed by atoms with van der Waals surface area (Å²) in [5.41, 5.74) is 5.36. The summed E-state index contributed by atoms with van der Waals surface area (Å²) in [5, 5.41) is 11.8. The number of hydrogen-bond donors (Lipinski definition) is 3. The average Bonchev–Trinajstić information content (AvgIpc) is 2.33. The number of amides is 1. The van der Waals surface area contributed by atoms with E-state index in [1.54, 1.807) is 0 Å². The van der Waals surface area contributed by atoms with Gasteiger partial charge in [-0.15, -0.1) is 0 Å². The van der Waals surface area contributed by atoms with Crippen LogP contribution in [-0.4, -0.2) is 29.1 Å². The Bertz CT molecular complexity index is 333. The molecule has 0 bridgehead atoms. The van der Waals surface area contributed by atoms with Gasteiger partial charge in [0.05, 0.1) is 11.5 Å². The van der Waals surface area contributed by atoms with E-state index in [1.165, 1.54) is 0 Å². The van der Waals surface area contributed by atoms with Crippen LogP contribution < -0.4 is 11.1 Å². The van der Waals surface area contributed by atoms with Crippen LogP contribution in [0.25, 0.3) is 0 Å². The van der Waals surface area contributed by atoms with Gasteiger partial charge in [-0.3, -0.25) is 9.59 Å². The van der Waals surface area contributed by atoms with Crippen LogP contribution in [0.2, 0.25) is 0 Å². The van der Waals surface area contributed by atoms with Crippen molar-refractivity contribution in [2.75, 3.05) is 6.54 Å². The Labute approximate surface area is 114 Å². The van der Waals surface area contributed by atoms with E-state index < -0.39 is 17.4 Å². The van der Waals surface area contributed by atoms with Crippen molar-refractivity contribution in [2.45, 2.75) is 57.9 Å². The van der Waals surface area contributed by atoms with E-state index in [2.05, 4.69) is 12.2 Å².